The molecule has 0 aliphatic rings. The largest absolute Gasteiger partial charge is 0.480 e. The van der Waals surface area contributed by atoms with Gasteiger partial charge in [-0.05, 0) is 6.42 Å². The number of nitrogens with one attached hydrogen (secondary N) is 1. The van der Waals surface area contributed by atoms with Gasteiger partial charge in [-0.2, -0.15) is 0 Å². The number of hydrogen-bond acceptors (Lipinski definition) is 3. The molecule has 0 saturated heterocycles. The van der Waals surface area contributed by atoms with Gasteiger partial charge in [0.1, 0.15) is 6.04 Å². The smallest absolute Gasteiger partial charge is 0.326 e. The van der Waals surface area contributed by atoms with E-state index < -0.39 is 12.0 Å². The summed E-state index contributed by atoms with van der Waals surface area (Å²) in [5.74, 6) is -0.215. The molecule has 0 aromatic heterocycles. The summed E-state index contributed by atoms with van der Waals surface area (Å²) in [6.07, 6.45) is 3.93. The fraction of sp³-hybridized carbons (Fsp3) is 0.636. The van der Waals surface area contributed by atoms with E-state index in [4.69, 9.17) is 5.11 Å². The standard InChI is InChI=1S/C11H19NO3S/c1-3-5-6-9(11(14)15)12-10(13)8-16-7-4-2/h4,9H,2-3,5-8H2,1H3,(H,12,13)(H,14,15). The van der Waals surface area contributed by atoms with Gasteiger partial charge in [0.25, 0.3) is 0 Å². The van der Waals surface area contributed by atoms with Crippen LogP contribution in [0.15, 0.2) is 12.7 Å². The Morgan fingerprint density at radius 1 is 1.56 bits per heavy atom. The molecule has 16 heavy (non-hydrogen) atoms. The zero-order valence-corrected chi connectivity index (χ0v) is 10.4. The molecular weight excluding hydrogens is 226 g/mol. The Morgan fingerprint density at radius 3 is 2.75 bits per heavy atom. The normalized spacial score (nSPS) is 11.8. The maximum absolute atomic E-state index is 11.4. The van der Waals surface area contributed by atoms with Gasteiger partial charge in [-0.1, -0.05) is 25.8 Å². The van der Waals surface area contributed by atoms with E-state index in [1.807, 2.05) is 6.92 Å². The minimum absolute atomic E-state index is 0.227. The lowest BCUT2D eigenvalue weighted by molar-refractivity contribution is -0.141. The number of carbonyl (C=O) groups excluding carboxylic acids is 1. The van der Waals surface area contributed by atoms with E-state index in [0.29, 0.717) is 12.2 Å². The van der Waals surface area contributed by atoms with Crippen LogP contribution in [-0.2, 0) is 9.59 Å². The maximum Gasteiger partial charge on any atom is 0.326 e. The predicted molar refractivity (Wildman–Crippen MR) is 66.6 cm³/mol. The molecule has 2 N–H and O–H groups in total. The molecule has 92 valence electrons. The van der Waals surface area contributed by atoms with E-state index in [-0.39, 0.29) is 11.7 Å². The summed E-state index contributed by atoms with van der Waals surface area (Å²) >= 11 is 1.42. The second-order valence-electron chi connectivity index (χ2n) is 3.40. The van der Waals surface area contributed by atoms with Crippen LogP contribution >= 0.6 is 11.8 Å². The molecule has 0 saturated carbocycles. The van der Waals surface area contributed by atoms with Gasteiger partial charge in [0.05, 0.1) is 5.75 Å². The van der Waals surface area contributed by atoms with E-state index in [1.54, 1.807) is 6.08 Å². The lowest BCUT2D eigenvalue weighted by Gasteiger charge is -2.13. The molecule has 1 atom stereocenters. The molecule has 0 radical (unpaired) electrons. The van der Waals surface area contributed by atoms with Crippen molar-refractivity contribution in [3.63, 3.8) is 0 Å². The molecule has 0 spiro atoms. The van der Waals surface area contributed by atoms with Crippen LogP contribution in [0.1, 0.15) is 26.2 Å². The second kappa shape index (κ2) is 9.27. The number of aliphatic carboxylic acids is 1. The third kappa shape index (κ3) is 7.34. The third-order valence-corrected chi connectivity index (χ3v) is 2.89. The molecule has 0 rings (SSSR count). The van der Waals surface area contributed by atoms with Crippen molar-refractivity contribution < 1.29 is 14.7 Å². The summed E-state index contributed by atoms with van der Waals surface area (Å²) in [6, 6.07) is -0.753. The van der Waals surface area contributed by atoms with Gasteiger partial charge in [-0.25, -0.2) is 4.79 Å². The molecule has 0 aromatic carbocycles. The summed E-state index contributed by atoms with van der Waals surface area (Å²) in [7, 11) is 0. The van der Waals surface area contributed by atoms with Gasteiger partial charge in [0.15, 0.2) is 0 Å². The van der Waals surface area contributed by atoms with Gasteiger partial charge in [-0.15, -0.1) is 18.3 Å². The van der Waals surface area contributed by atoms with Gasteiger partial charge in [0.2, 0.25) is 5.91 Å². The predicted octanol–water partition coefficient (Wildman–Crippen LogP) is 1.67. The average Bonchev–Trinajstić information content (AvgIpc) is 2.24. The van der Waals surface area contributed by atoms with Crippen molar-refractivity contribution in [1.82, 2.24) is 5.32 Å². The maximum atomic E-state index is 11.4. The molecule has 1 unspecified atom stereocenters. The number of carbonyl (C=O) groups is 2. The molecule has 0 fully saturated rings. The number of unbranched alkanes of at least 4 members (excludes halogenated alkanes) is 1. The lowest BCUT2D eigenvalue weighted by Crippen LogP contribution is -2.41. The molecule has 4 nitrogen and oxygen atoms in total. The molecule has 0 aromatic rings. The number of hydrogen-bond donors (Lipinski definition) is 2. The first kappa shape index (κ1) is 15.0. The number of amides is 1. The molecule has 0 aliphatic carbocycles. The lowest BCUT2D eigenvalue weighted by atomic mass is 10.1. The highest BCUT2D eigenvalue weighted by Crippen LogP contribution is 2.03. The first-order valence-corrected chi connectivity index (χ1v) is 6.48. The molecular formula is C11H19NO3S. The monoisotopic (exact) mass is 245 g/mol. The van der Waals surface area contributed by atoms with Crippen molar-refractivity contribution in [2.24, 2.45) is 0 Å². The van der Waals surface area contributed by atoms with Gasteiger partial charge in [0, 0.05) is 5.75 Å². The third-order valence-electron chi connectivity index (χ3n) is 1.95. The highest BCUT2D eigenvalue weighted by molar-refractivity contribution is 8.00. The summed E-state index contributed by atoms with van der Waals surface area (Å²) in [5.41, 5.74) is 0. The minimum Gasteiger partial charge on any atom is -0.480 e. The first-order chi connectivity index (χ1) is 7.61. The van der Waals surface area contributed by atoms with Crippen molar-refractivity contribution in [2.45, 2.75) is 32.2 Å². The van der Waals surface area contributed by atoms with Crippen molar-refractivity contribution in [1.29, 1.82) is 0 Å². The molecule has 5 heteroatoms. The Balaban J connectivity index is 3.92. The van der Waals surface area contributed by atoms with Crippen molar-refractivity contribution >= 4 is 23.6 Å². The summed E-state index contributed by atoms with van der Waals surface area (Å²) in [6.45, 7) is 5.53. The molecule has 1 amide bonds. The number of rotatable bonds is 9. The van der Waals surface area contributed by atoms with Gasteiger partial charge >= 0.3 is 5.97 Å². The molecule has 0 heterocycles. The Labute approximate surface area is 100 Å². The SMILES string of the molecule is C=CCSCC(=O)NC(CCCC)C(=O)O. The van der Waals surface area contributed by atoms with Crippen molar-refractivity contribution in [3.8, 4) is 0 Å². The molecule has 0 bridgehead atoms. The summed E-state index contributed by atoms with van der Waals surface area (Å²) in [5, 5.41) is 11.4. The van der Waals surface area contributed by atoms with E-state index in [0.717, 1.165) is 12.8 Å². The van der Waals surface area contributed by atoms with E-state index >= 15 is 0 Å². The van der Waals surface area contributed by atoms with E-state index in [1.165, 1.54) is 11.8 Å². The fourth-order valence-corrected chi connectivity index (χ4v) is 1.69. The van der Waals surface area contributed by atoms with Crippen molar-refractivity contribution in [2.75, 3.05) is 11.5 Å². The Kier molecular flexibility index (Phi) is 8.71. The highest BCUT2D eigenvalue weighted by Gasteiger charge is 2.18. The highest BCUT2D eigenvalue weighted by atomic mass is 32.2. The topological polar surface area (TPSA) is 66.4 Å². The Hall–Kier alpha value is -0.970. The van der Waals surface area contributed by atoms with Crippen LogP contribution in [0.2, 0.25) is 0 Å². The van der Waals surface area contributed by atoms with E-state index in [2.05, 4.69) is 11.9 Å². The summed E-state index contributed by atoms with van der Waals surface area (Å²) < 4.78 is 0. The minimum atomic E-state index is -0.962. The average molecular weight is 245 g/mol. The van der Waals surface area contributed by atoms with Crippen molar-refractivity contribution in [3.05, 3.63) is 12.7 Å². The van der Waals surface area contributed by atoms with Crippen LogP contribution in [0, 0.1) is 0 Å². The Bertz CT molecular complexity index is 243. The second-order valence-corrected chi connectivity index (χ2v) is 4.43. The van der Waals surface area contributed by atoms with Crippen LogP contribution in [0.25, 0.3) is 0 Å². The van der Waals surface area contributed by atoms with Gasteiger partial charge < -0.3 is 10.4 Å². The fourth-order valence-electron chi connectivity index (χ4n) is 1.14. The van der Waals surface area contributed by atoms with Crippen LogP contribution in [0.5, 0.6) is 0 Å². The van der Waals surface area contributed by atoms with Crippen LogP contribution in [-0.4, -0.2) is 34.5 Å². The zero-order chi connectivity index (χ0) is 12.4. The number of carboxylic acids is 1. The number of thioether (sulfide) groups is 1. The Morgan fingerprint density at radius 2 is 2.25 bits per heavy atom. The van der Waals surface area contributed by atoms with Gasteiger partial charge in [-0.3, -0.25) is 4.79 Å². The zero-order valence-electron chi connectivity index (χ0n) is 9.57. The van der Waals surface area contributed by atoms with Crippen LogP contribution < -0.4 is 5.32 Å². The quantitative estimate of drug-likeness (QED) is 0.479. The molecule has 0 aliphatic heterocycles. The van der Waals surface area contributed by atoms with Crippen LogP contribution in [0.3, 0.4) is 0 Å². The van der Waals surface area contributed by atoms with Crippen LogP contribution in [0.4, 0.5) is 0 Å². The first-order valence-electron chi connectivity index (χ1n) is 5.32. The summed E-state index contributed by atoms with van der Waals surface area (Å²) in [4.78, 5) is 22.2. The van der Waals surface area contributed by atoms with E-state index in [9.17, 15) is 9.59 Å². The number of carboxylic acid groups (broad SMARTS) is 1.